The van der Waals surface area contributed by atoms with Gasteiger partial charge in [0.15, 0.2) is 11.6 Å². The van der Waals surface area contributed by atoms with E-state index >= 15 is 4.21 Å². The number of carbonyl (C=O) groups excluding carboxylic acids is 11. The molecule has 1 aromatic carbocycles. The lowest BCUT2D eigenvalue weighted by molar-refractivity contribution is -0.144. The van der Waals surface area contributed by atoms with Crippen molar-refractivity contribution in [1.82, 2.24) is 46.7 Å². The fourth-order valence-electron chi connectivity index (χ4n) is 10.9. The molecule has 13 N–H and O–H groups in total. The minimum absolute atomic E-state index is 0.00349. The highest BCUT2D eigenvalue weighted by atomic mass is 32.2. The van der Waals surface area contributed by atoms with Crippen molar-refractivity contribution in [3.05, 3.63) is 23.3 Å². The minimum Gasteiger partial charge on any atom is -0.496 e. The van der Waals surface area contributed by atoms with E-state index in [1.807, 2.05) is 0 Å². The molecule has 30 heteroatoms. The highest BCUT2D eigenvalue weighted by Crippen LogP contribution is 2.39. The highest BCUT2D eigenvalue weighted by Gasteiger charge is 2.45. The van der Waals surface area contributed by atoms with E-state index in [9.17, 15) is 72.9 Å². The van der Waals surface area contributed by atoms with Crippen molar-refractivity contribution < 1.29 is 86.9 Å². The van der Waals surface area contributed by atoms with Crippen molar-refractivity contribution in [3.63, 3.8) is 0 Å². The number of Topliss-reactive ketones (excluding diaryl/α,β-unsaturated/α-hetero) is 2. The molecular formula is C55H78N10O18S2. The van der Waals surface area contributed by atoms with Crippen molar-refractivity contribution >= 4 is 104 Å². The van der Waals surface area contributed by atoms with Gasteiger partial charge in [0.05, 0.1) is 79.5 Å². The zero-order chi connectivity index (χ0) is 62.6. The van der Waals surface area contributed by atoms with Crippen LogP contribution in [0, 0.1) is 29.6 Å². The van der Waals surface area contributed by atoms with Crippen LogP contribution in [0.2, 0.25) is 0 Å². The van der Waals surface area contributed by atoms with E-state index in [1.54, 1.807) is 30.9 Å². The molecule has 28 nitrogen and oxygen atoms in total. The number of ether oxygens (including phenoxy) is 1. The average Bonchev–Trinajstić information content (AvgIpc) is 2.02. The van der Waals surface area contributed by atoms with Crippen LogP contribution >= 0.6 is 11.8 Å². The maximum Gasteiger partial charge on any atom is 0.306 e. The van der Waals surface area contributed by atoms with Crippen LogP contribution in [0.4, 0.5) is 0 Å². The Morgan fingerprint density at radius 2 is 1.65 bits per heavy atom. The number of rotatable bonds is 17. The van der Waals surface area contributed by atoms with Crippen molar-refractivity contribution in [2.45, 2.75) is 138 Å². The lowest BCUT2D eigenvalue weighted by atomic mass is 9.85. The van der Waals surface area contributed by atoms with Crippen LogP contribution in [0.1, 0.15) is 90.2 Å². The summed E-state index contributed by atoms with van der Waals surface area (Å²) in [6.45, 7) is 4.14. The lowest BCUT2D eigenvalue weighted by Gasteiger charge is -2.32. The summed E-state index contributed by atoms with van der Waals surface area (Å²) in [5, 5.41) is 56.4. The number of nitrogens with two attached hydrogens (primary N) is 1. The molecule has 2 saturated heterocycles. The Morgan fingerprint density at radius 3 is 2.32 bits per heavy atom. The van der Waals surface area contributed by atoms with Crippen molar-refractivity contribution in [1.29, 1.82) is 0 Å². The number of amides is 9. The summed E-state index contributed by atoms with van der Waals surface area (Å²) in [5.41, 5.74) is 6.59. The Balaban J connectivity index is 1.48. The number of hydrogen-bond donors (Lipinski definition) is 12. The Morgan fingerprint density at radius 1 is 0.929 bits per heavy atom. The third kappa shape index (κ3) is 17.3. The SMILES string of the molecule is CC[C@H](C)[C@@H]1CC(=O)CNC(=O)[C@H]2CC(=O)[C@H]([C@@H](C)[C@@H](O)CO)NC(=O)[C@@H]3C[C@@H](O)CN3C(=O)[C@H](CC(N)=O)NC(=O)[C@H](CS(=O)c3[nH]c4c(CSC5CCN(C(=O)CCNC(=O)CC(C)C(=O)O)C5)c(OC)ccc4c3C2)NC(=O)CNC1=O. The number of hydrogen-bond acceptors (Lipinski definition) is 18. The van der Waals surface area contributed by atoms with Crippen LogP contribution in [-0.4, -0.2) is 210 Å². The molecule has 4 aliphatic heterocycles. The minimum atomic E-state index is -2.44. The molecule has 0 saturated carbocycles. The number of nitrogens with one attached hydrogen (secondary N) is 7. The van der Waals surface area contributed by atoms with Crippen LogP contribution in [0.15, 0.2) is 17.2 Å². The number of nitrogens with zero attached hydrogens (tertiary/aromatic N) is 2. The van der Waals surface area contributed by atoms with Crippen LogP contribution in [0.3, 0.4) is 0 Å². The van der Waals surface area contributed by atoms with E-state index < -0.39 is 206 Å². The number of primary amides is 1. The predicted molar refractivity (Wildman–Crippen MR) is 305 cm³/mol. The van der Waals surface area contributed by atoms with E-state index in [4.69, 9.17) is 15.6 Å². The Bertz CT molecular complexity index is 2920. The first-order valence-corrected chi connectivity index (χ1v) is 30.6. The van der Waals surface area contributed by atoms with Crippen molar-refractivity contribution in [3.8, 4) is 5.75 Å². The third-order valence-electron chi connectivity index (χ3n) is 16.2. The van der Waals surface area contributed by atoms with Gasteiger partial charge in [0.25, 0.3) is 0 Å². The zero-order valence-corrected chi connectivity index (χ0v) is 49.7. The maximum atomic E-state index is 15.4. The van der Waals surface area contributed by atoms with E-state index in [0.29, 0.717) is 48.1 Å². The zero-order valence-electron chi connectivity index (χ0n) is 48.1. The monoisotopic (exact) mass is 1230 g/mol. The first-order valence-electron chi connectivity index (χ1n) is 28.3. The third-order valence-corrected chi connectivity index (χ3v) is 18.9. The molecule has 5 heterocycles. The van der Waals surface area contributed by atoms with Gasteiger partial charge in [-0.2, -0.15) is 11.8 Å². The molecule has 85 heavy (non-hydrogen) atoms. The number of fused-ring (bicyclic) bond motifs is 5. The van der Waals surface area contributed by atoms with E-state index in [1.165, 1.54) is 32.7 Å². The number of H-pyrrole nitrogens is 1. The van der Waals surface area contributed by atoms with Gasteiger partial charge in [-0.05, 0) is 36.5 Å². The second-order valence-corrected chi connectivity index (χ2v) is 25.0. The number of aliphatic hydroxyl groups excluding tert-OH is 3. The number of methoxy groups -OCH3 is 1. The van der Waals surface area contributed by atoms with Gasteiger partial charge in [-0.3, -0.25) is 61.7 Å². The number of aliphatic hydroxyl groups is 3. The van der Waals surface area contributed by atoms with Crippen molar-refractivity contribution in [2.75, 3.05) is 58.7 Å². The Hall–Kier alpha value is -7.02. The predicted octanol–water partition coefficient (Wildman–Crippen LogP) is -2.98. The summed E-state index contributed by atoms with van der Waals surface area (Å²) in [5.74, 6) is -15.7. The lowest BCUT2D eigenvalue weighted by Crippen LogP contribution is -2.60. The number of ketones is 2. The number of aliphatic carboxylic acids is 1. The van der Waals surface area contributed by atoms with Crippen molar-refractivity contribution in [2.24, 2.45) is 35.3 Å². The summed E-state index contributed by atoms with van der Waals surface area (Å²) in [7, 11) is -1.02. The molecule has 2 bridgehead atoms. The van der Waals surface area contributed by atoms with Gasteiger partial charge in [0.2, 0.25) is 53.2 Å². The first-order chi connectivity index (χ1) is 40.2. The summed E-state index contributed by atoms with van der Waals surface area (Å²) < 4.78 is 21.2. The average molecular weight is 1230 g/mol. The molecule has 2 aromatic rings. The highest BCUT2D eigenvalue weighted by molar-refractivity contribution is 7.99. The molecule has 1 aromatic heterocycles. The Labute approximate surface area is 496 Å². The molecule has 0 spiro atoms. The van der Waals surface area contributed by atoms with E-state index in [-0.39, 0.29) is 46.9 Å². The number of thioether (sulfide) groups is 1. The van der Waals surface area contributed by atoms with Gasteiger partial charge in [-0.1, -0.05) is 34.1 Å². The van der Waals surface area contributed by atoms with Gasteiger partial charge in [0, 0.05) is 98.0 Å². The van der Waals surface area contributed by atoms with Crippen LogP contribution in [0.5, 0.6) is 5.75 Å². The number of carbonyl (C=O) groups is 12. The molecule has 9 amide bonds. The molecule has 468 valence electrons. The van der Waals surface area contributed by atoms with Gasteiger partial charge < -0.3 is 77.6 Å². The van der Waals surface area contributed by atoms with E-state index in [0.717, 1.165) is 4.90 Å². The van der Waals surface area contributed by atoms with Crippen LogP contribution < -0.4 is 42.4 Å². The quantitative estimate of drug-likeness (QED) is 0.0752. The number of carboxylic acid groups (broad SMARTS) is 1. The number of likely N-dealkylation sites (tertiary alicyclic amines) is 1. The molecule has 4 aliphatic rings. The topological polar surface area (TPSA) is 433 Å². The smallest absolute Gasteiger partial charge is 0.306 e. The van der Waals surface area contributed by atoms with Gasteiger partial charge >= 0.3 is 5.97 Å². The number of carboxylic acids is 1. The van der Waals surface area contributed by atoms with E-state index in [2.05, 4.69) is 36.9 Å². The summed E-state index contributed by atoms with van der Waals surface area (Å²) in [6, 6.07) is -3.79. The molecule has 2 fully saturated rings. The molecule has 6 rings (SSSR count). The Kier molecular flexibility index (Phi) is 24.0. The molecular weight excluding hydrogens is 1150 g/mol. The largest absolute Gasteiger partial charge is 0.496 e. The van der Waals surface area contributed by atoms with Gasteiger partial charge in [-0.15, -0.1) is 0 Å². The second-order valence-electron chi connectivity index (χ2n) is 22.3. The fraction of sp³-hybridized carbons (Fsp3) is 0.636. The number of aromatic nitrogens is 1. The van der Waals surface area contributed by atoms with Gasteiger partial charge in [-0.25, -0.2) is 0 Å². The van der Waals surface area contributed by atoms with Gasteiger partial charge in [0.1, 0.15) is 28.9 Å². The van der Waals surface area contributed by atoms with Crippen LogP contribution in [0.25, 0.3) is 10.9 Å². The molecule has 13 atom stereocenters. The molecule has 3 unspecified atom stereocenters. The molecule has 0 radical (unpaired) electrons. The normalized spacial score (nSPS) is 26.6. The fourth-order valence-corrected chi connectivity index (χ4v) is 13.5. The number of benzene rings is 1. The molecule has 0 aliphatic carbocycles. The van der Waals surface area contributed by atoms with Crippen LogP contribution in [-0.2, 0) is 80.5 Å². The summed E-state index contributed by atoms with van der Waals surface area (Å²) in [4.78, 5) is 170. The second kappa shape index (κ2) is 30.4. The standard InChI is InChI=1S/C55H78N10O18S2/c1-6-26(2)34-16-30(67)19-58-49(75)29-14-35-33-7-8-42(83-5)36(24-84-32-10-12-64(22-32)46(74)9-11-57-44(72)13-27(3)55(80)81)48(33)63-53(35)85(82)25-38(60-45(73)20-59-50(34)76)51(77)61-37(18-43(56)71)54(79)65-21-31(68)17-39(65)52(78)62-47(40(69)15-29)28(4)41(70)23-66/h7-8,26-29,31-32,34,37-39,41,47,63,66,68,70H,6,9-25H2,1-5H3,(H2,56,71)(H,57,72)(H,58,75)(H,59,76)(H,60,73)(H,61,77)(H,62,78)(H,80,81)/t26-,27?,28-,29+,31+,32?,34-,37-,38-,39-,41-,47-,85?/m0/s1. The first kappa shape index (κ1) is 67.1. The number of aromatic amines is 1. The summed E-state index contributed by atoms with van der Waals surface area (Å²) in [6.07, 6.45) is -5.20. The summed E-state index contributed by atoms with van der Waals surface area (Å²) >= 11 is 1.46. The maximum absolute atomic E-state index is 15.4.